The van der Waals surface area contributed by atoms with Crippen LogP contribution >= 0.6 is 0 Å². The van der Waals surface area contributed by atoms with E-state index in [1.807, 2.05) is 17.7 Å². The Morgan fingerprint density at radius 3 is 2.92 bits per heavy atom. The summed E-state index contributed by atoms with van der Waals surface area (Å²) in [5.74, 6) is 0. The summed E-state index contributed by atoms with van der Waals surface area (Å²) in [5.41, 5.74) is 1.82. The van der Waals surface area contributed by atoms with Gasteiger partial charge < -0.3 is 14.8 Å². The van der Waals surface area contributed by atoms with Crippen molar-refractivity contribution in [2.75, 3.05) is 11.9 Å². The molecule has 25 heavy (non-hydrogen) atoms. The number of nitro groups is 1. The number of nitrogens with one attached hydrogen (secondary N) is 1. The third-order valence-corrected chi connectivity index (χ3v) is 4.69. The number of likely N-dealkylation sites (tertiary alicyclic amines) is 1. The summed E-state index contributed by atoms with van der Waals surface area (Å²) < 4.78 is 1.96. The van der Waals surface area contributed by atoms with Crippen LogP contribution in [0.5, 0.6) is 0 Å². The van der Waals surface area contributed by atoms with Crippen molar-refractivity contribution in [3.8, 4) is 0 Å². The molecule has 2 amide bonds. The zero-order chi connectivity index (χ0) is 18.0. The smallest absolute Gasteiger partial charge is 0.322 e. The summed E-state index contributed by atoms with van der Waals surface area (Å²) in [6.45, 7) is 4.87. The van der Waals surface area contributed by atoms with Crippen LogP contribution in [-0.2, 0) is 6.54 Å². The van der Waals surface area contributed by atoms with Crippen LogP contribution < -0.4 is 5.32 Å². The van der Waals surface area contributed by atoms with E-state index >= 15 is 0 Å². The fourth-order valence-corrected chi connectivity index (χ4v) is 3.34. The van der Waals surface area contributed by atoms with Gasteiger partial charge in [0.05, 0.1) is 28.5 Å². The highest BCUT2D eigenvalue weighted by molar-refractivity contribution is 5.92. The average Bonchev–Trinajstić information content (AvgIpc) is 3.23. The number of carbonyl (C=O) groups excluding carboxylic acids is 1. The van der Waals surface area contributed by atoms with E-state index in [2.05, 4.69) is 10.3 Å². The molecule has 0 saturated carbocycles. The summed E-state index contributed by atoms with van der Waals surface area (Å²) in [7, 11) is 0. The molecular formula is C17H21N5O3. The molecule has 1 N–H and O–H groups in total. The Kier molecular flexibility index (Phi) is 4.69. The molecular weight excluding hydrogens is 322 g/mol. The van der Waals surface area contributed by atoms with E-state index in [1.165, 1.54) is 6.07 Å². The van der Waals surface area contributed by atoms with Gasteiger partial charge in [0.1, 0.15) is 0 Å². The molecule has 0 bridgehead atoms. The Hall–Kier alpha value is -2.90. The fourth-order valence-electron chi connectivity index (χ4n) is 3.34. The standard InChI is InChI=1S/C17H21N5O3/c1-12-5-6-15(22(24)25)13(2)16(12)19-17(23)21-8-3-4-14(21)10-20-9-7-18-11-20/h5-7,9,11,14H,3-4,8,10H2,1-2H3,(H,19,23). The maximum absolute atomic E-state index is 12.8. The molecule has 1 atom stereocenters. The first kappa shape index (κ1) is 16.9. The summed E-state index contributed by atoms with van der Waals surface area (Å²) in [5, 5.41) is 14.0. The van der Waals surface area contributed by atoms with Gasteiger partial charge in [0, 0.05) is 31.5 Å². The van der Waals surface area contributed by atoms with E-state index in [9.17, 15) is 14.9 Å². The molecule has 1 saturated heterocycles. The van der Waals surface area contributed by atoms with Crippen LogP contribution in [-0.4, -0.2) is 38.0 Å². The minimum atomic E-state index is -0.428. The quantitative estimate of drug-likeness (QED) is 0.682. The van der Waals surface area contributed by atoms with Gasteiger partial charge in [-0.3, -0.25) is 10.1 Å². The van der Waals surface area contributed by atoms with Gasteiger partial charge in [0.2, 0.25) is 0 Å². The molecule has 2 aromatic rings. The van der Waals surface area contributed by atoms with Crippen molar-refractivity contribution >= 4 is 17.4 Å². The van der Waals surface area contributed by atoms with Gasteiger partial charge in [-0.2, -0.15) is 0 Å². The van der Waals surface area contributed by atoms with Crippen LogP contribution in [0.1, 0.15) is 24.0 Å². The summed E-state index contributed by atoms with van der Waals surface area (Å²) in [6, 6.07) is 3.01. The first-order chi connectivity index (χ1) is 12.0. The number of aryl methyl sites for hydroxylation is 1. The number of amides is 2. The highest BCUT2D eigenvalue weighted by Crippen LogP contribution is 2.30. The van der Waals surface area contributed by atoms with Crippen molar-refractivity contribution in [1.82, 2.24) is 14.5 Å². The zero-order valence-corrected chi connectivity index (χ0v) is 14.3. The lowest BCUT2D eigenvalue weighted by atomic mass is 10.1. The number of benzene rings is 1. The lowest BCUT2D eigenvalue weighted by Crippen LogP contribution is -2.40. The number of nitro benzene ring substituents is 1. The lowest BCUT2D eigenvalue weighted by molar-refractivity contribution is -0.385. The Bertz CT molecular complexity index is 788. The van der Waals surface area contributed by atoms with Gasteiger partial charge >= 0.3 is 6.03 Å². The largest absolute Gasteiger partial charge is 0.335 e. The molecule has 3 rings (SSSR count). The molecule has 0 spiro atoms. The van der Waals surface area contributed by atoms with Gasteiger partial charge in [0.25, 0.3) is 5.69 Å². The highest BCUT2D eigenvalue weighted by atomic mass is 16.6. The van der Waals surface area contributed by atoms with E-state index < -0.39 is 4.92 Å². The molecule has 1 aromatic carbocycles. The number of anilines is 1. The van der Waals surface area contributed by atoms with Crippen LogP contribution in [0.25, 0.3) is 0 Å². The Morgan fingerprint density at radius 1 is 1.44 bits per heavy atom. The minimum Gasteiger partial charge on any atom is -0.335 e. The monoisotopic (exact) mass is 343 g/mol. The second-order valence-corrected chi connectivity index (χ2v) is 6.34. The molecule has 1 fully saturated rings. The Morgan fingerprint density at radius 2 is 2.24 bits per heavy atom. The highest BCUT2D eigenvalue weighted by Gasteiger charge is 2.30. The summed E-state index contributed by atoms with van der Waals surface area (Å²) >= 11 is 0. The molecule has 8 nitrogen and oxygen atoms in total. The molecule has 0 aliphatic carbocycles. The SMILES string of the molecule is Cc1ccc([N+](=O)[O-])c(C)c1NC(=O)N1CCCC1Cn1ccnc1. The number of rotatable bonds is 4. The van der Waals surface area contributed by atoms with Crippen LogP contribution in [0, 0.1) is 24.0 Å². The number of carbonyl (C=O) groups is 1. The van der Waals surface area contributed by atoms with Crippen LogP contribution in [0.4, 0.5) is 16.2 Å². The molecule has 0 radical (unpaired) electrons. The number of urea groups is 1. The number of imidazole rings is 1. The molecule has 1 aliphatic rings. The third kappa shape index (κ3) is 3.47. The van der Waals surface area contributed by atoms with Gasteiger partial charge in [-0.25, -0.2) is 9.78 Å². The van der Waals surface area contributed by atoms with Crippen molar-refractivity contribution in [3.63, 3.8) is 0 Å². The predicted octanol–water partition coefficient (Wildman–Crippen LogP) is 3.10. The summed E-state index contributed by atoms with van der Waals surface area (Å²) in [6.07, 6.45) is 7.21. The van der Waals surface area contributed by atoms with E-state index in [-0.39, 0.29) is 17.8 Å². The molecule has 132 valence electrons. The van der Waals surface area contributed by atoms with Crippen molar-refractivity contribution < 1.29 is 9.72 Å². The van der Waals surface area contributed by atoms with Crippen LogP contribution in [0.2, 0.25) is 0 Å². The van der Waals surface area contributed by atoms with Gasteiger partial charge in [-0.1, -0.05) is 6.07 Å². The first-order valence-corrected chi connectivity index (χ1v) is 8.25. The summed E-state index contributed by atoms with van der Waals surface area (Å²) in [4.78, 5) is 29.3. The molecule has 8 heteroatoms. The van der Waals surface area contributed by atoms with Gasteiger partial charge in [0.15, 0.2) is 0 Å². The van der Waals surface area contributed by atoms with Crippen molar-refractivity contribution in [1.29, 1.82) is 0 Å². The second-order valence-electron chi connectivity index (χ2n) is 6.34. The lowest BCUT2D eigenvalue weighted by Gasteiger charge is -2.26. The van der Waals surface area contributed by atoms with Gasteiger partial charge in [-0.05, 0) is 32.3 Å². The molecule has 1 aliphatic heterocycles. The van der Waals surface area contributed by atoms with E-state index in [1.54, 1.807) is 30.4 Å². The molecule has 2 heterocycles. The van der Waals surface area contributed by atoms with Crippen molar-refractivity contribution in [2.45, 2.75) is 39.3 Å². The maximum atomic E-state index is 12.8. The first-order valence-electron chi connectivity index (χ1n) is 8.25. The molecule has 1 aromatic heterocycles. The Labute approximate surface area is 145 Å². The number of hydrogen-bond acceptors (Lipinski definition) is 4. The zero-order valence-electron chi connectivity index (χ0n) is 14.3. The van der Waals surface area contributed by atoms with Gasteiger partial charge in [-0.15, -0.1) is 0 Å². The van der Waals surface area contributed by atoms with E-state index in [0.29, 0.717) is 24.3 Å². The topological polar surface area (TPSA) is 93.3 Å². The second kappa shape index (κ2) is 6.92. The maximum Gasteiger partial charge on any atom is 0.322 e. The number of aromatic nitrogens is 2. The minimum absolute atomic E-state index is 0.0114. The predicted molar refractivity (Wildman–Crippen MR) is 93.5 cm³/mol. The van der Waals surface area contributed by atoms with Crippen molar-refractivity contribution in [3.05, 3.63) is 52.1 Å². The average molecular weight is 343 g/mol. The van der Waals surface area contributed by atoms with Crippen LogP contribution in [0.3, 0.4) is 0 Å². The number of hydrogen-bond donors (Lipinski definition) is 1. The van der Waals surface area contributed by atoms with Crippen molar-refractivity contribution in [2.24, 2.45) is 0 Å². The normalized spacial score (nSPS) is 16.9. The van der Waals surface area contributed by atoms with Crippen LogP contribution in [0.15, 0.2) is 30.9 Å². The Balaban J connectivity index is 1.77. The fraction of sp³-hybridized carbons (Fsp3) is 0.412. The number of nitrogens with zero attached hydrogens (tertiary/aromatic N) is 4. The van der Waals surface area contributed by atoms with E-state index in [0.717, 1.165) is 18.4 Å². The third-order valence-electron chi connectivity index (χ3n) is 4.69. The molecule has 1 unspecified atom stereocenters. The van der Waals surface area contributed by atoms with E-state index in [4.69, 9.17) is 0 Å².